The lowest BCUT2D eigenvalue weighted by molar-refractivity contribution is -0.140. The maximum atomic E-state index is 13.7. The van der Waals surface area contributed by atoms with Gasteiger partial charge in [-0.15, -0.1) is 0 Å². The number of unbranched alkanes of at least 4 members (excludes halogenated alkanes) is 3. The van der Waals surface area contributed by atoms with Crippen molar-refractivity contribution in [2.75, 3.05) is 7.11 Å². The highest BCUT2D eigenvalue weighted by molar-refractivity contribution is 5.77. The quantitative estimate of drug-likeness (QED) is 0.630. The minimum atomic E-state index is -0.483. The van der Waals surface area contributed by atoms with Crippen molar-refractivity contribution in [3.63, 3.8) is 0 Å². The van der Waals surface area contributed by atoms with Gasteiger partial charge in [0.15, 0.2) is 0 Å². The number of H-pyrrole nitrogens is 1. The summed E-state index contributed by atoms with van der Waals surface area (Å²) < 4.78 is 18.3. The molecule has 1 heterocycles. The summed E-state index contributed by atoms with van der Waals surface area (Å²) in [6, 6.07) is 4.35. The summed E-state index contributed by atoms with van der Waals surface area (Å²) in [5, 5.41) is 0.266. The fraction of sp³-hybridized carbons (Fsp3) is 0.438. The molecule has 0 atom stereocenters. The number of halogens is 1. The van der Waals surface area contributed by atoms with Crippen LogP contribution in [0.15, 0.2) is 23.0 Å². The summed E-state index contributed by atoms with van der Waals surface area (Å²) in [4.78, 5) is 29.7. The maximum Gasteiger partial charge on any atom is 0.305 e. The van der Waals surface area contributed by atoms with Crippen molar-refractivity contribution in [2.24, 2.45) is 0 Å². The zero-order valence-electron chi connectivity index (χ0n) is 12.5. The molecule has 0 aliphatic carbocycles. The number of esters is 1. The molecule has 0 spiro atoms. The second-order valence-electron chi connectivity index (χ2n) is 5.14. The Balaban J connectivity index is 1.89. The third-order valence-electron chi connectivity index (χ3n) is 3.51. The van der Waals surface area contributed by atoms with Gasteiger partial charge in [0.1, 0.15) is 17.2 Å². The normalized spacial score (nSPS) is 10.8. The van der Waals surface area contributed by atoms with Crippen molar-refractivity contribution >= 4 is 16.9 Å². The fourth-order valence-electron chi connectivity index (χ4n) is 2.31. The third kappa shape index (κ3) is 4.13. The largest absolute Gasteiger partial charge is 0.469 e. The molecule has 6 heteroatoms. The van der Waals surface area contributed by atoms with Crippen molar-refractivity contribution in [3.8, 4) is 0 Å². The van der Waals surface area contributed by atoms with Gasteiger partial charge >= 0.3 is 5.97 Å². The zero-order chi connectivity index (χ0) is 15.9. The van der Waals surface area contributed by atoms with E-state index in [9.17, 15) is 14.0 Å². The number of hydrogen-bond donors (Lipinski definition) is 1. The summed E-state index contributed by atoms with van der Waals surface area (Å²) in [5.41, 5.74) is -0.197. The van der Waals surface area contributed by atoms with Crippen molar-refractivity contribution in [2.45, 2.75) is 38.5 Å². The number of para-hydroxylation sites is 1. The topological polar surface area (TPSA) is 72.0 Å². The van der Waals surface area contributed by atoms with Gasteiger partial charge in [-0.05, 0) is 25.0 Å². The molecule has 0 fully saturated rings. The van der Waals surface area contributed by atoms with Crippen molar-refractivity contribution in [1.82, 2.24) is 9.97 Å². The van der Waals surface area contributed by atoms with Crippen molar-refractivity contribution in [3.05, 3.63) is 40.2 Å². The number of methoxy groups -OCH3 is 1. The van der Waals surface area contributed by atoms with Gasteiger partial charge in [0.25, 0.3) is 5.56 Å². The Morgan fingerprint density at radius 2 is 2.05 bits per heavy atom. The van der Waals surface area contributed by atoms with E-state index in [1.165, 1.54) is 19.2 Å². The molecule has 2 aromatic rings. The molecular formula is C16H19FN2O3. The summed E-state index contributed by atoms with van der Waals surface area (Å²) in [6.45, 7) is 0. The van der Waals surface area contributed by atoms with Crippen LogP contribution in [0.25, 0.3) is 10.9 Å². The Labute approximate surface area is 127 Å². The molecule has 1 aromatic heterocycles. The van der Waals surface area contributed by atoms with Gasteiger partial charge in [0.05, 0.1) is 12.5 Å². The SMILES string of the molecule is COC(=O)CCCCCCc1nc2c(F)cccc2c(=O)[nH]1. The molecule has 118 valence electrons. The Morgan fingerprint density at radius 1 is 1.27 bits per heavy atom. The lowest BCUT2D eigenvalue weighted by Crippen LogP contribution is -2.12. The van der Waals surface area contributed by atoms with Crippen LogP contribution in [0.2, 0.25) is 0 Å². The number of aromatic amines is 1. The number of ether oxygens (including phenoxy) is 1. The first-order valence-electron chi connectivity index (χ1n) is 7.36. The molecule has 5 nitrogen and oxygen atoms in total. The molecule has 1 aromatic carbocycles. The van der Waals surface area contributed by atoms with E-state index >= 15 is 0 Å². The van der Waals surface area contributed by atoms with Gasteiger partial charge in [0, 0.05) is 12.8 Å². The van der Waals surface area contributed by atoms with E-state index in [4.69, 9.17) is 0 Å². The van der Waals surface area contributed by atoms with Gasteiger partial charge in [0.2, 0.25) is 0 Å². The van der Waals surface area contributed by atoms with E-state index < -0.39 is 5.82 Å². The molecule has 0 aliphatic heterocycles. The second-order valence-corrected chi connectivity index (χ2v) is 5.14. The second kappa shape index (κ2) is 7.68. The van der Waals surface area contributed by atoms with E-state index in [1.807, 2.05) is 0 Å². The van der Waals surface area contributed by atoms with Gasteiger partial charge < -0.3 is 9.72 Å². The first kappa shape index (κ1) is 16.1. The lowest BCUT2D eigenvalue weighted by Gasteiger charge is -2.04. The van der Waals surface area contributed by atoms with Crippen LogP contribution < -0.4 is 5.56 Å². The summed E-state index contributed by atoms with van der Waals surface area (Å²) in [5.74, 6) is -0.186. The highest BCUT2D eigenvalue weighted by Crippen LogP contribution is 2.12. The average molecular weight is 306 g/mol. The first-order chi connectivity index (χ1) is 10.6. The number of aromatic nitrogens is 2. The smallest absolute Gasteiger partial charge is 0.305 e. The number of aryl methyl sites for hydroxylation is 1. The number of hydrogen-bond acceptors (Lipinski definition) is 4. The highest BCUT2D eigenvalue weighted by Gasteiger charge is 2.07. The first-order valence-corrected chi connectivity index (χ1v) is 7.36. The molecule has 0 saturated carbocycles. The average Bonchev–Trinajstić information content (AvgIpc) is 2.51. The lowest BCUT2D eigenvalue weighted by atomic mass is 10.1. The predicted molar refractivity (Wildman–Crippen MR) is 81.1 cm³/mol. The zero-order valence-corrected chi connectivity index (χ0v) is 12.5. The number of nitrogens with zero attached hydrogens (tertiary/aromatic N) is 1. The monoisotopic (exact) mass is 306 g/mol. The number of rotatable bonds is 7. The van der Waals surface area contributed by atoms with Gasteiger partial charge in [-0.25, -0.2) is 9.37 Å². The molecule has 0 bridgehead atoms. The van der Waals surface area contributed by atoms with Crippen LogP contribution in [-0.4, -0.2) is 23.0 Å². The molecule has 0 radical (unpaired) electrons. The van der Waals surface area contributed by atoms with E-state index in [0.29, 0.717) is 18.7 Å². The molecule has 1 N–H and O–H groups in total. The van der Waals surface area contributed by atoms with Crippen LogP contribution in [-0.2, 0) is 16.0 Å². The molecule has 22 heavy (non-hydrogen) atoms. The maximum absolute atomic E-state index is 13.7. The van der Waals surface area contributed by atoms with Crippen LogP contribution >= 0.6 is 0 Å². The summed E-state index contributed by atoms with van der Waals surface area (Å²) >= 11 is 0. The molecule has 0 unspecified atom stereocenters. The van der Waals surface area contributed by atoms with E-state index in [-0.39, 0.29) is 22.4 Å². The fourth-order valence-corrected chi connectivity index (χ4v) is 2.31. The number of carbonyl (C=O) groups is 1. The predicted octanol–water partition coefficient (Wildman–Crippen LogP) is 2.73. The molecule has 0 saturated heterocycles. The van der Waals surface area contributed by atoms with E-state index in [2.05, 4.69) is 14.7 Å². The standard InChI is InChI=1S/C16H19FN2O3/c1-22-14(20)10-5-3-2-4-9-13-18-15-11(16(21)19-13)7-6-8-12(15)17/h6-8H,2-5,9-10H2,1H3,(H,18,19,21). The third-order valence-corrected chi connectivity index (χ3v) is 3.51. The Bertz CT molecular complexity index is 712. The minimum Gasteiger partial charge on any atom is -0.469 e. The Kier molecular flexibility index (Phi) is 5.63. The number of carbonyl (C=O) groups excluding carboxylic acids is 1. The molecular weight excluding hydrogens is 287 g/mol. The van der Waals surface area contributed by atoms with E-state index in [1.54, 1.807) is 6.07 Å². The van der Waals surface area contributed by atoms with Gasteiger partial charge in [-0.2, -0.15) is 0 Å². The highest BCUT2D eigenvalue weighted by atomic mass is 19.1. The van der Waals surface area contributed by atoms with Crippen molar-refractivity contribution < 1.29 is 13.9 Å². The van der Waals surface area contributed by atoms with Crippen LogP contribution in [0.5, 0.6) is 0 Å². The Morgan fingerprint density at radius 3 is 2.82 bits per heavy atom. The minimum absolute atomic E-state index is 0.118. The van der Waals surface area contributed by atoms with Gasteiger partial charge in [-0.3, -0.25) is 9.59 Å². The number of benzene rings is 1. The van der Waals surface area contributed by atoms with Gasteiger partial charge in [-0.1, -0.05) is 18.9 Å². The molecule has 0 amide bonds. The number of nitrogens with one attached hydrogen (secondary N) is 1. The number of fused-ring (bicyclic) bond motifs is 1. The summed E-state index contributed by atoms with van der Waals surface area (Å²) in [7, 11) is 1.38. The molecule has 0 aliphatic rings. The van der Waals surface area contributed by atoms with Crippen molar-refractivity contribution in [1.29, 1.82) is 0 Å². The van der Waals surface area contributed by atoms with Crippen LogP contribution in [0, 0.1) is 5.82 Å². The van der Waals surface area contributed by atoms with Crippen LogP contribution in [0.1, 0.15) is 37.9 Å². The molecule has 2 rings (SSSR count). The van der Waals surface area contributed by atoms with Crippen LogP contribution in [0.3, 0.4) is 0 Å². The summed E-state index contributed by atoms with van der Waals surface area (Å²) in [6.07, 6.45) is 4.43. The Hall–Kier alpha value is -2.24. The van der Waals surface area contributed by atoms with E-state index in [0.717, 1.165) is 25.7 Å². The van der Waals surface area contributed by atoms with Crippen LogP contribution in [0.4, 0.5) is 4.39 Å².